The van der Waals surface area contributed by atoms with Crippen LogP contribution >= 0.6 is 0 Å². The van der Waals surface area contributed by atoms with Crippen LogP contribution in [0, 0.1) is 0 Å². The van der Waals surface area contributed by atoms with Gasteiger partial charge >= 0.3 is 0 Å². The van der Waals surface area contributed by atoms with E-state index in [0.29, 0.717) is 0 Å². The van der Waals surface area contributed by atoms with Crippen LogP contribution in [0.5, 0.6) is 0 Å². The number of aromatic amines is 2. The van der Waals surface area contributed by atoms with Crippen LogP contribution in [0.15, 0.2) is 61.2 Å². The van der Waals surface area contributed by atoms with Crippen molar-refractivity contribution in [2.24, 2.45) is 0 Å². The maximum Gasteiger partial charge on any atom is 0.135 e. The summed E-state index contributed by atoms with van der Waals surface area (Å²) in [6, 6.07) is 11.9. The number of nitrogens with one attached hydrogen (secondary N) is 2. The molecular formula is C18H12N6. The lowest BCUT2D eigenvalue weighted by Crippen LogP contribution is -1.86. The molecule has 5 rings (SSSR count). The summed E-state index contributed by atoms with van der Waals surface area (Å²) in [5.41, 5.74) is 6.41. The molecule has 5 aromatic rings. The Balaban J connectivity index is 1.71. The molecule has 0 saturated carbocycles. The Kier molecular flexibility index (Phi) is 2.69. The van der Waals surface area contributed by atoms with Gasteiger partial charge in [0, 0.05) is 41.3 Å². The topological polar surface area (TPSA) is 83.1 Å². The van der Waals surface area contributed by atoms with Crippen LogP contribution in [0.2, 0.25) is 0 Å². The van der Waals surface area contributed by atoms with Crippen molar-refractivity contribution in [3.63, 3.8) is 0 Å². The summed E-state index contributed by atoms with van der Waals surface area (Å²) >= 11 is 0. The van der Waals surface area contributed by atoms with Crippen molar-refractivity contribution in [3.05, 3.63) is 61.2 Å². The van der Waals surface area contributed by atoms with Gasteiger partial charge in [0.15, 0.2) is 0 Å². The summed E-state index contributed by atoms with van der Waals surface area (Å²) < 4.78 is 0. The maximum atomic E-state index is 4.79. The first-order valence-electron chi connectivity index (χ1n) is 7.57. The quantitative estimate of drug-likeness (QED) is 0.522. The van der Waals surface area contributed by atoms with Crippen LogP contribution in [0.25, 0.3) is 44.6 Å². The number of aromatic nitrogens is 6. The van der Waals surface area contributed by atoms with Crippen LogP contribution in [-0.2, 0) is 0 Å². The molecule has 5 heterocycles. The highest BCUT2D eigenvalue weighted by atomic mass is 15.1. The van der Waals surface area contributed by atoms with Crippen LogP contribution in [0.3, 0.4) is 0 Å². The Labute approximate surface area is 136 Å². The molecule has 0 aliphatic rings. The fraction of sp³-hybridized carbons (Fsp3) is 0. The first kappa shape index (κ1) is 13.0. The Morgan fingerprint density at radius 2 is 1.71 bits per heavy atom. The van der Waals surface area contributed by atoms with E-state index in [1.165, 1.54) is 0 Å². The highest BCUT2D eigenvalue weighted by Crippen LogP contribution is 2.29. The highest BCUT2D eigenvalue weighted by molar-refractivity contribution is 5.94. The van der Waals surface area contributed by atoms with Gasteiger partial charge in [-0.05, 0) is 36.4 Å². The fourth-order valence-electron chi connectivity index (χ4n) is 2.87. The lowest BCUT2D eigenvalue weighted by molar-refractivity contribution is 1.12. The van der Waals surface area contributed by atoms with Crippen molar-refractivity contribution in [3.8, 4) is 22.6 Å². The molecule has 0 fully saturated rings. The minimum atomic E-state index is 0.803. The molecule has 5 aromatic heterocycles. The van der Waals surface area contributed by atoms with E-state index in [2.05, 4.69) is 25.1 Å². The number of H-pyrrole nitrogens is 2. The molecule has 6 nitrogen and oxygen atoms in total. The molecule has 0 bridgehead atoms. The zero-order valence-electron chi connectivity index (χ0n) is 12.6. The first-order chi connectivity index (χ1) is 11.9. The zero-order chi connectivity index (χ0) is 15.9. The second kappa shape index (κ2) is 4.99. The summed E-state index contributed by atoms with van der Waals surface area (Å²) in [7, 11) is 0. The van der Waals surface area contributed by atoms with Crippen LogP contribution in [0.4, 0.5) is 0 Å². The van der Waals surface area contributed by atoms with Crippen LogP contribution < -0.4 is 0 Å². The van der Waals surface area contributed by atoms with Gasteiger partial charge in [-0.15, -0.1) is 0 Å². The second-order valence-electron chi connectivity index (χ2n) is 5.55. The summed E-state index contributed by atoms with van der Waals surface area (Å²) in [5, 5.41) is 8.54. The third-order valence-corrected chi connectivity index (χ3v) is 4.06. The molecule has 0 aliphatic carbocycles. The van der Waals surface area contributed by atoms with Gasteiger partial charge in [-0.2, -0.15) is 5.10 Å². The minimum Gasteiger partial charge on any atom is -0.353 e. The molecule has 24 heavy (non-hydrogen) atoms. The van der Waals surface area contributed by atoms with Gasteiger partial charge in [-0.1, -0.05) is 0 Å². The van der Waals surface area contributed by atoms with E-state index in [9.17, 15) is 0 Å². The number of pyridine rings is 3. The van der Waals surface area contributed by atoms with Gasteiger partial charge in [-0.3, -0.25) is 15.1 Å². The Bertz CT molecular complexity index is 1120. The number of rotatable bonds is 2. The van der Waals surface area contributed by atoms with E-state index in [0.717, 1.165) is 44.6 Å². The van der Waals surface area contributed by atoms with Crippen molar-refractivity contribution in [2.75, 3.05) is 0 Å². The van der Waals surface area contributed by atoms with Crippen molar-refractivity contribution in [2.45, 2.75) is 0 Å². The molecule has 0 atom stereocenters. The average Bonchev–Trinajstić information content (AvgIpc) is 3.25. The molecule has 0 amide bonds. The molecule has 0 unspecified atom stereocenters. The van der Waals surface area contributed by atoms with Crippen molar-refractivity contribution < 1.29 is 0 Å². The van der Waals surface area contributed by atoms with Gasteiger partial charge in [0.2, 0.25) is 0 Å². The lowest BCUT2D eigenvalue weighted by atomic mass is 10.1. The highest BCUT2D eigenvalue weighted by Gasteiger charge is 2.13. The molecule has 0 radical (unpaired) electrons. The summed E-state index contributed by atoms with van der Waals surface area (Å²) in [6.07, 6.45) is 7.13. The number of nitrogens with zero attached hydrogens (tertiary/aromatic N) is 4. The van der Waals surface area contributed by atoms with E-state index >= 15 is 0 Å². The second-order valence-corrected chi connectivity index (χ2v) is 5.55. The SMILES string of the molecule is c1cc(-c2ccc3[nH]nc(-c4cc5cnccc5[nH]4)c3n2)ccn1. The number of hydrogen-bond acceptors (Lipinski definition) is 4. The van der Waals surface area contributed by atoms with Crippen molar-refractivity contribution in [1.82, 2.24) is 30.1 Å². The van der Waals surface area contributed by atoms with Gasteiger partial charge in [0.1, 0.15) is 11.2 Å². The minimum absolute atomic E-state index is 0.803. The van der Waals surface area contributed by atoms with Crippen molar-refractivity contribution >= 4 is 21.9 Å². The van der Waals surface area contributed by atoms with Crippen LogP contribution in [0.1, 0.15) is 0 Å². The predicted octanol–water partition coefficient (Wildman–Crippen LogP) is 3.56. The van der Waals surface area contributed by atoms with E-state index in [4.69, 9.17) is 4.98 Å². The van der Waals surface area contributed by atoms with Crippen LogP contribution in [-0.4, -0.2) is 30.1 Å². The maximum absolute atomic E-state index is 4.79. The van der Waals surface area contributed by atoms with Gasteiger partial charge in [0.25, 0.3) is 0 Å². The van der Waals surface area contributed by atoms with E-state index in [1.807, 2.05) is 42.6 Å². The Morgan fingerprint density at radius 1 is 0.833 bits per heavy atom. The Hall–Kier alpha value is -3.54. The molecule has 0 aliphatic heterocycles. The number of fused-ring (bicyclic) bond motifs is 2. The summed E-state index contributed by atoms with van der Waals surface area (Å²) in [6.45, 7) is 0. The molecular weight excluding hydrogens is 300 g/mol. The molecule has 0 aromatic carbocycles. The first-order valence-corrected chi connectivity index (χ1v) is 7.57. The molecule has 114 valence electrons. The van der Waals surface area contributed by atoms with Gasteiger partial charge in [-0.25, -0.2) is 4.98 Å². The summed E-state index contributed by atoms with van der Waals surface area (Å²) in [5.74, 6) is 0. The zero-order valence-corrected chi connectivity index (χ0v) is 12.6. The van der Waals surface area contributed by atoms with E-state index < -0.39 is 0 Å². The van der Waals surface area contributed by atoms with Gasteiger partial charge < -0.3 is 4.98 Å². The third kappa shape index (κ3) is 1.97. The van der Waals surface area contributed by atoms with Gasteiger partial charge in [0.05, 0.1) is 16.9 Å². The average molecular weight is 312 g/mol. The molecule has 0 spiro atoms. The molecule has 6 heteroatoms. The predicted molar refractivity (Wildman–Crippen MR) is 92.2 cm³/mol. The molecule has 0 saturated heterocycles. The van der Waals surface area contributed by atoms with Crippen molar-refractivity contribution in [1.29, 1.82) is 0 Å². The monoisotopic (exact) mass is 312 g/mol. The summed E-state index contributed by atoms with van der Waals surface area (Å²) in [4.78, 5) is 16.4. The lowest BCUT2D eigenvalue weighted by Gasteiger charge is -2.00. The largest absolute Gasteiger partial charge is 0.353 e. The third-order valence-electron chi connectivity index (χ3n) is 4.06. The smallest absolute Gasteiger partial charge is 0.135 e. The fourth-order valence-corrected chi connectivity index (χ4v) is 2.87. The number of hydrogen-bond donors (Lipinski definition) is 2. The Morgan fingerprint density at radius 3 is 2.58 bits per heavy atom. The standard InChI is InChI=1S/C18H12N6/c1-2-15-17(22-13(1)11-3-6-19-7-4-11)18(24-23-15)16-9-12-10-20-8-5-14(12)21-16/h1-10,21H,(H,23,24). The van der Waals surface area contributed by atoms with E-state index in [-0.39, 0.29) is 0 Å². The normalized spacial score (nSPS) is 11.3. The molecule has 2 N–H and O–H groups in total. The van der Waals surface area contributed by atoms with E-state index in [1.54, 1.807) is 18.6 Å².